The van der Waals surface area contributed by atoms with Crippen LogP contribution in [0.25, 0.3) is 10.8 Å². The summed E-state index contributed by atoms with van der Waals surface area (Å²) < 4.78 is 38.4. The Bertz CT molecular complexity index is 1110. The Kier molecular flexibility index (Phi) is 4.87. The molecule has 0 unspecified atom stereocenters. The first-order valence-corrected chi connectivity index (χ1v) is 10.7. The number of carbonyl (C=O) groups is 1. The van der Waals surface area contributed by atoms with E-state index in [0.717, 1.165) is 4.88 Å². The summed E-state index contributed by atoms with van der Waals surface area (Å²) in [6, 6.07) is 8.09. The molecule has 0 saturated carbocycles. The third-order valence-corrected chi connectivity index (χ3v) is 6.36. The average Bonchev–Trinajstić information content (AvgIpc) is 3.37. The van der Waals surface area contributed by atoms with Crippen molar-refractivity contribution in [3.8, 4) is 16.5 Å². The molecular formula is C17H16N4O5S2. The number of sulfonamides is 1. The Hall–Kier alpha value is -2.76. The van der Waals surface area contributed by atoms with Crippen LogP contribution >= 0.6 is 11.3 Å². The Labute approximate surface area is 165 Å². The summed E-state index contributed by atoms with van der Waals surface area (Å²) in [5.41, 5.74) is 0.432. The highest BCUT2D eigenvalue weighted by Gasteiger charge is 2.25. The third kappa shape index (κ3) is 3.63. The lowest BCUT2D eigenvalue weighted by molar-refractivity contribution is -0.116. The fraction of sp³-hybridized carbons (Fsp3) is 0.235. The molecule has 0 saturated heterocycles. The third-order valence-electron chi connectivity index (χ3n) is 4.10. The molecule has 1 amide bonds. The number of hydrogen-bond donors (Lipinski definition) is 1. The van der Waals surface area contributed by atoms with Gasteiger partial charge in [0.05, 0.1) is 28.5 Å². The van der Waals surface area contributed by atoms with Gasteiger partial charge in [0.2, 0.25) is 15.9 Å². The molecule has 146 valence electrons. The van der Waals surface area contributed by atoms with Gasteiger partial charge in [-0.25, -0.2) is 13.1 Å². The standard InChI is InChI=1S/C17H16N4O5S2/c1-11(22)21-6-7-25-14-5-4-12(9-13(14)21)28(23,24)18-10-16-19-17(26-20-16)15-3-2-8-27-15/h2-5,8-9,18H,6-7,10H2,1H3. The van der Waals surface area contributed by atoms with E-state index in [1.54, 1.807) is 6.07 Å². The molecule has 3 heterocycles. The largest absolute Gasteiger partial charge is 0.490 e. The van der Waals surface area contributed by atoms with Crippen molar-refractivity contribution in [2.24, 2.45) is 0 Å². The number of hydrogen-bond acceptors (Lipinski definition) is 8. The highest BCUT2D eigenvalue weighted by molar-refractivity contribution is 7.89. The van der Waals surface area contributed by atoms with Gasteiger partial charge in [0.25, 0.3) is 5.89 Å². The number of anilines is 1. The van der Waals surface area contributed by atoms with E-state index < -0.39 is 10.0 Å². The average molecular weight is 420 g/mol. The van der Waals surface area contributed by atoms with Crippen molar-refractivity contribution in [1.82, 2.24) is 14.9 Å². The van der Waals surface area contributed by atoms with Gasteiger partial charge >= 0.3 is 0 Å². The van der Waals surface area contributed by atoms with Gasteiger partial charge in [-0.3, -0.25) is 4.79 Å². The van der Waals surface area contributed by atoms with Gasteiger partial charge < -0.3 is 14.2 Å². The van der Waals surface area contributed by atoms with E-state index in [-0.39, 0.29) is 23.2 Å². The molecule has 0 aliphatic carbocycles. The lowest BCUT2D eigenvalue weighted by Gasteiger charge is -2.29. The van der Waals surface area contributed by atoms with Crippen molar-refractivity contribution in [2.45, 2.75) is 18.4 Å². The minimum Gasteiger partial charge on any atom is -0.490 e. The molecule has 11 heteroatoms. The van der Waals surface area contributed by atoms with Crippen LogP contribution in [0.15, 0.2) is 45.1 Å². The van der Waals surface area contributed by atoms with Crippen LogP contribution in [0.1, 0.15) is 12.7 Å². The smallest absolute Gasteiger partial charge is 0.268 e. The molecule has 9 nitrogen and oxygen atoms in total. The van der Waals surface area contributed by atoms with Crippen LogP contribution in [-0.4, -0.2) is 37.6 Å². The summed E-state index contributed by atoms with van der Waals surface area (Å²) >= 11 is 1.45. The van der Waals surface area contributed by atoms with Crippen molar-refractivity contribution in [3.63, 3.8) is 0 Å². The zero-order chi connectivity index (χ0) is 19.7. The zero-order valence-electron chi connectivity index (χ0n) is 14.8. The second-order valence-corrected chi connectivity index (χ2v) is 8.68. The molecule has 0 fully saturated rings. The number of fused-ring (bicyclic) bond motifs is 1. The summed E-state index contributed by atoms with van der Waals surface area (Å²) in [6.45, 7) is 2.03. The summed E-state index contributed by atoms with van der Waals surface area (Å²) in [5, 5.41) is 5.68. The topological polar surface area (TPSA) is 115 Å². The van der Waals surface area contributed by atoms with Crippen molar-refractivity contribution < 1.29 is 22.5 Å². The normalized spacial score (nSPS) is 13.8. The lowest BCUT2D eigenvalue weighted by atomic mass is 10.2. The Balaban J connectivity index is 1.53. The van der Waals surface area contributed by atoms with E-state index in [1.807, 2.05) is 17.5 Å². The number of thiophene rings is 1. The van der Waals surface area contributed by atoms with Crippen molar-refractivity contribution in [3.05, 3.63) is 41.5 Å². The van der Waals surface area contributed by atoms with Crippen LogP contribution in [0.4, 0.5) is 5.69 Å². The van der Waals surface area contributed by atoms with Crippen LogP contribution in [-0.2, 0) is 21.4 Å². The number of rotatable bonds is 5. The SMILES string of the molecule is CC(=O)N1CCOc2ccc(S(=O)(=O)NCc3noc(-c4cccs4)n3)cc21. The molecule has 1 aromatic carbocycles. The second-order valence-electron chi connectivity index (χ2n) is 5.97. The predicted molar refractivity (Wildman–Crippen MR) is 102 cm³/mol. The van der Waals surface area contributed by atoms with Crippen LogP contribution in [0.3, 0.4) is 0 Å². The summed E-state index contributed by atoms with van der Waals surface area (Å²) in [5.74, 6) is 0.852. The molecule has 1 N–H and O–H groups in total. The highest BCUT2D eigenvalue weighted by Crippen LogP contribution is 2.33. The van der Waals surface area contributed by atoms with E-state index in [9.17, 15) is 13.2 Å². The molecule has 0 bridgehead atoms. The summed E-state index contributed by atoms with van der Waals surface area (Å²) in [6.07, 6.45) is 0. The first-order chi connectivity index (χ1) is 13.4. The van der Waals surface area contributed by atoms with Gasteiger partial charge in [0.15, 0.2) is 5.82 Å². The predicted octanol–water partition coefficient (Wildman–Crippen LogP) is 2.02. The molecule has 0 spiro atoms. The molecule has 0 radical (unpaired) electrons. The maximum absolute atomic E-state index is 12.7. The van der Waals surface area contributed by atoms with Gasteiger partial charge in [-0.05, 0) is 29.6 Å². The maximum Gasteiger partial charge on any atom is 0.268 e. The Morgan fingerprint density at radius 1 is 1.36 bits per heavy atom. The Morgan fingerprint density at radius 2 is 2.21 bits per heavy atom. The van der Waals surface area contributed by atoms with Gasteiger partial charge in [-0.1, -0.05) is 11.2 Å². The van der Waals surface area contributed by atoms with Crippen LogP contribution in [0, 0.1) is 0 Å². The number of amides is 1. The zero-order valence-corrected chi connectivity index (χ0v) is 16.4. The number of carbonyl (C=O) groups excluding carboxylic acids is 1. The van der Waals surface area contributed by atoms with Gasteiger partial charge in [-0.2, -0.15) is 4.98 Å². The maximum atomic E-state index is 12.7. The molecule has 1 aliphatic heterocycles. The molecule has 1 aliphatic rings. The summed E-state index contributed by atoms with van der Waals surface area (Å²) in [4.78, 5) is 18.3. The monoisotopic (exact) mass is 420 g/mol. The van der Waals surface area contributed by atoms with Crippen molar-refractivity contribution in [1.29, 1.82) is 0 Å². The first-order valence-electron chi connectivity index (χ1n) is 8.35. The minimum absolute atomic E-state index is 0.0185. The molecule has 2 aromatic heterocycles. The van der Waals surface area contributed by atoms with Gasteiger partial charge in [0, 0.05) is 6.92 Å². The second kappa shape index (κ2) is 7.34. The number of aromatic nitrogens is 2. The fourth-order valence-electron chi connectivity index (χ4n) is 2.76. The Morgan fingerprint density at radius 3 is 2.96 bits per heavy atom. The van der Waals surface area contributed by atoms with Crippen LogP contribution in [0.2, 0.25) is 0 Å². The molecule has 28 heavy (non-hydrogen) atoms. The molecule has 0 atom stereocenters. The van der Waals surface area contributed by atoms with E-state index in [0.29, 0.717) is 30.5 Å². The van der Waals surface area contributed by atoms with Gasteiger partial charge in [-0.15, -0.1) is 11.3 Å². The van der Waals surface area contributed by atoms with Crippen LogP contribution in [0.5, 0.6) is 5.75 Å². The van der Waals surface area contributed by atoms with E-state index in [1.165, 1.54) is 35.3 Å². The molecule has 4 rings (SSSR count). The number of nitrogens with one attached hydrogen (secondary N) is 1. The van der Waals surface area contributed by atoms with Crippen molar-refractivity contribution >= 4 is 33.0 Å². The highest BCUT2D eigenvalue weighted by atomic mass is 32.2. The van der Waals surface area contributed by atoms with Crippen LogP contribution < -0.4 is 14.4 Å². The quantitative estimate of drug-likeness (QED) is 0.671. The number of nitrogens with zero attached hydrogens (tertiary/aromatic N) is 3. The van der Waals surface area contributed by atoms with Gasteiger partial charge in [0.1, 0.15) is 12.4 Å². The minimum atomic E-state index is -3.85. The number of benzene rings is 1. The van der Waals surface area contributed by atoms with Crippen molar-refractivity contribution in [2.75, 3.05) is 18.1 Å². The molecular weight excluding hydrogens is 404 g/mol. The number of ether oxygens (including phenoxy) is 1. The molecule has 3 aromatic rings. The fourth-order valence-corrected chi connectivity index (χ4v) is 4.41. The summed E-state index contributed by atoms with van der Waals surface area (Å²) in [7, 11) is -3.85. The van der Waals surface area contributed by atoms with E-state index in [4.69, 9.17) is 9.26 Å². The van der Waals surface area contributed by atoms with E-state index >= 15 is 0 Å². The lowest BCUT2D eigenvalue weighted by Crippen LogP contribution is -2.36. The first kappa shape index (κ1) is 18.6. The van der Waals surface area contributed by atoms with E-state index in [2.05, 4.69) is 14.9 Å².